The van der Waals surface area contributed by atoms with E-state index in [1.165, 1.54) is 16.8 Å². The van der Waals surface area contributed by atoms with Crippen molar-refractivity contribution in [1.29, 1.82) is 0 Å². The summed E-state index contributed by atoms with van der Waals surface area (Å²) in [6, 6.07) is 11.7. The highest BCUT2D eigenvalue weighted by Crippen LogP contribution is 2.18. The van der Waals surface area contributed by atoms with Crippen LogP contribution < -0.4 is 11.3 Å². The SMILES string of the molecule is NC(=O)C1CCN(C(=O)c2ccc(=O)n(-c3ccccc3)n2)CC1. The van der Waals surface area contributed by atoms with Crippen molar-refractivity contribution >= 4 is 11.8 Å². The van der Waals surface area contributed by atoms with E-state index < -0.39 is 0 Å². The Morgan fingerprint density at radius 1 is 1.04 bits per heavy atom. The predicted molar refractivity (Wildman–Crippen MR) is 87.7 cm³/mol. The summed E-state index contributed by atoms with van der Waals surface area (Å²) < 4.78 is 1.21. The molecule has 3 rings (SSSR count). The maximum absolute atomic E-state index is 12.6. The van der Waals surface area contributed by atoms with Crippen LogP contribution in [0.2, 0.25) is 0 Å². The number of carbonyl (C=O) groups excluding carboxylic acids is 2. The van der Waals surface area contributed by atoms with Crippen molar-refractivity contribution in [3.05, 3.63) is 58.5 Å². The van der Waals surface area contributed by atoms with Crippen molar-refractivity contribution < 1.29 is 9.59 Å². The molecule has 7 nitrogen and oxygen atoms in total. The monoisotopic (exact) mass is 326 g/mol. The molecule has 2 aromatic rings. The number of rotatable bonds is 3. The number of carbonyl (C=O) groups is 2. The van der Waals surface area contributed by atoms with Crippen molar-refractivity contribution in [2.24, 2.45) is 11.7 Å². The van der Waals surface area contributed by atoms with Crippen LogP contribution in [0.25, 0.3) is 5.69 Å². The average molecular weight is 326 g/mol. The second-order valence-electron chi connectivity index (χ2n) is 5.77. The molecule has 7 heteroatoms. The van der Waals surface area contributed by atoms with Crippen LogP contribution in [-0.2, 0) is 4.79 Å². The van der Waals surface area contributed by atoms with Crippen molar-refractivity contribution in [2.75, 3.05) is 13.1 Å². The summed E-state index contributed by atoms with van der Waals surface area (Å²) in [6.45, 7) is 0.914. The molecule has 0 radical (unpaired) electrons. The van der Waals surface area contributed by atoms with Crippen molar-refractivity contribution in [3.63, 3.8) is 0 Å². The first-order valence-electron chi connectivity index (χ1n) is 7.80. The smallest absolute Gasteiger partial charge is 0.274 e. The highest BCUT2D eigenvalue weighted by Gasteiger charge is 2.27. The first-order chi connectivity index (χ1) is 11.6. The van der Waals surface area contributed by atoms with Crippen LogP contribution in [0.15, 0.2) is 47.3 Å². The van der Waals surface area contributed by atoms with Gasteiger partial charge in [-0.05, 0) is 31.0 Å². The molecule has 0 unspecified atom stereocenters. The summed E-state index contributed by atoms with van der Waals surface area (Å²) >= 11 is 0. The van der Waals surface area contributed by atoms with Gasteiger partial charge in [-0.25, -0.2) is 0 Å². The molecular weight excluding hydrogens is 308 g/mol. The third-order valence-corrected chi connectivity index (χ3v) is 4.20. The fraction of sp³-hybridized carbons (Fsp3) is 0.294. The number of nitrogens with two attached hydrogens (primary N) is 1. The lowest BCUT2D eigenvalue weighted by molar-refractivity contribution is -0.123. The first-order valence-corrected chi connectivity index (χ1v) is 7.80. The van der Waals surface area contributed by atoms with Gasteiger partial charge in [0.15, 0.2) is 0 Å². The van der Waals surface area contributed by atoms with E-state index in [0.717, 1.165) is 0 Å². The van der Waals surface area contributed by atoms with E-state index in [1.54, 1.807) is 29.2 Å². The lowest BCUT2D eigenvalue weighted by Crippen LogP contribution is -2.42. The van der Waals surface area contributed by atoms with E-state index in [4.69, 9.17) is 5.73 Å². The molecular formula is C17H18N4O3. The maximum Gasteiger partial charge on any atom is 0.274 e. The van der Waals surface area contributed by atoms with Gasteiger partial charge in [-0.3, -0.25) is 14.4 Å². The minimum atomic E-state index is -0.321. The number of hydrogen-bond donors (Lipinski definition) is 1. The molecule has 2 heterocycles. The second kappa shape index (κ2) is 6.66. The minimum absolute atomic E-state index is 0.180. The Bertz CT molecular complexity index is 808. The topological polar surface area (TPSA) is 98.3 Å². The first kappa shape index (κ1) is 15.9. The Morgan fingerprint density at radius 3 is 2.33 bits per heavy atom. The van der Waals surface area contributed by atoms with Crippen LogP contribution in [0.4, 0.5) is 0 Å². The normalized spacial score (nSPS) is 15.2. The third-order valence-electron chi connectivity index (χ3n) is 4.20. The Morgan fingerprint density at radius 2 is 1.71 bits per heavy atom. The molecule has 0 aliphatic carbocycles. The van der Waals surface area contributed by atoms with E-state index in [1.807, 2.05) is 6.07 Å². The third kappa shape index (κ3) is 3.19. The largest absolute Gasteiger partial charge is 0.369 e. The molecule has 1 aliphatic heterocycles. The van der Waals surface area contributed by atoms with Gasteiger partial charge in [0.2, 0.25) is 5.91 Å². The predicted octanol–water partition coefficient (Wildman–Crippen LogP) is 0.570. The van der Waals surface area contributed by atoms with Gasteiger partial charge in [-0.2, -0.15) is 9.78 Å². The van der Waals surface area contributed by atoms with Gasteiger partial charge < -0.3 is 10.6 Å². The number of primary amides is 1. The summed E-state index contributed by atoms with van der Waals surface area (Å²) in [6.07, 6.45) is 1.11. The zero-order valence-electron chi connectivity index (χ0n) is 13.1. The zero-order valence-corrected chi connectivity index (χ0v) is 13.1. The van der Waals surface area contributed by atoms with Crippen LogP contribution in [0, 0.1) is 5.92 Å². The molecule has 1 aromatic carbocycles. The fourth-order valence-corrected chi connectivity index (χ4v) is 2.81. The summed E-state index contributed by atoms with van der Waals surface area (Å²) in [5.41, 5.74) is 5.81. The molecule has 1 aromatic heterocycles. The highest BCUT2D eigenvalue weighted by atomic mass is 16.2. The van der Waals surface area contributed by atoms with Crippen LogP contribution >= 0.6 is 0 Å². The van der Waals surface area contributed by atoms with Crippen LogP contribution in [0.5, 0.6) is 0 Å². The van der Waals surface area contributed by atoms with Crippen LogP contribution in [0.1, 0.15) is 23.3 Å². The molecule has 1 saturated heterocycles. The Labute approximate surface area is 138 Å². The van der Waals surface area contributed by atoms with Gasteiger partial charge in [0.1, 0.15) is 5.69 Å². The lowest BCUT2D eigenvalue weighted by atomic mass is 9.96. The van der Waals surface area contributed by atoms with Crippen molar-refractivity contribution in [1.82, 2.24) is 14.7 Å². The second-order valence-corrected chi connectivity index (χ2v) is 5.77. The molecule has 24 heavy (non-hydrogen) atoms. The zero-order chi connectivity index (χ0) is 17.1. The highest BCUT2D eigenvalue weighted by molar-refractivity contribution is 5.92. The van der Waals surface area contributed by atoms with Crippen molar-refractivity contribution in [2.45, 2.75) is 12.8 Å². The number of hydrogen-bond acceptors (Lipinski definition) is 4. The van der Waals surface area contributed by atoms with Gasteiger partial charge in [0.25, 0.3) is 11.5 Å². The number of nitrogens with zero attached hydrogens (tertiary/aromatic N) is 3. The standard InChI is InChI=1S/C17H18N4O3/c18-16(23)12-8-10-20(11-9-12)17(24)14-6-7-15(22)21(19-14)13-4-2-1-3-5-13/h1-7,12H,8-11H2,(H2,18,23). The summed E-state index contributed by atoms with van der Waals surface area (Å²) in [7, 11) is 0. The number of piperidine rings is 1. The molecule has 124 valence electrons. The molecule has 0 saturated carbocycles. The molecule has 0 atom stereocenters. The summed E-state index contributed by atoms with van der Waals surface area (Å²) in [5, 5.41) is 4.19. The van der Waals surface area contributed by atoms with E-state index in [-0.39, 0.29) is 29.0 Å². The van der Waals surface area contributed by atoms with Gasteiger partial charge in [-0.15, -0.1) is 0 Å². The maximum atomic E-state index is 12.6. The minimum Gasteiger partial charge on any atom is -0.369 e. The number of para-hydroxylation sites is 1. The van der Waals surface area contributed by atoms with Gasteiger partial charge in [0.05, 0.1) is 5.69 Å². The van der Waals surface area contributed by atoms with Gasteiger partial charge in [0, 0.05) is 25.1 Å². The molecule has 0 bridgehead atoms. The van der Waals surface area contributed by atoms with Gasteiger partial charge >= 0.3 is 0 Å². The molecule has 1 fully saturated rings. The molecule has 2 amide bonds. The number of benzene rings is 1. The van der Waals surface area contributed by atoms with E-state index >= 15 is 0 Å². The quantitative estimate of drug-likeness (QED) is 0.891. The van der Waals surface area contributed by atoms with E-state index in [2.05, 4.69) is 5.10 Å². The fourth-order valence-electron chi connectivity index (χ4n) is 2.81. The number of amides is 2. The van der Waals surface area contributed by atoms with Crippen molar-refractivity contribution in [3.8, 4) is 5.69 Å². The Balaban J connectivity index is 1.82. The van der Waals surface area contributed by atoms with E-state index in [0.29, 0.717) is 31.6 Å². The van der Waals surface area contributed by atoms with Crippen LogP contribution in [0.3, 0.4) is 0 Å². The Hall–Kier alpha value is -2.96. The lowest BCUT2D eigenvalue weighted by Gasteiger charge is -2.30. The van der Waals surface area contributed by atoms with Crippen LogP contribution in [-0.4, -0.2) is 39.6 Å². The number of aromatic nitrogens is 2. The summed E-state index contributed by atoms with van der Waals surface area (Å²) in [4.78, 5) is 37.5. The molecule has 2 N–H and O–H groups in total. The van der Waals surface area contributed by atoms with Gasteiger partial charge in [-0.1, -0.05) is 18.2 Å². The number of likely N-dealkylation sites (tertiary alicyclic amines) is 1. The molecule has 1 aliphatic rings. The summed E-state index contributed by atoms with van der Waals surface area (Å²) in [5.74, 6) is -0.749. The molecule has 0 spiro atoms. The average Bonchev–Trinajstić information content (AvgIpc) is 2.62. The Kier molecular flexibility index (Phi) is 4.41. The van der Waals surface area contributed by atoms with E-state index in [9.17, 15) is 14.4 Å².